The van der Waals surface area contributed by atoms with E-state index in [1.54, 1.807) is 18.3 Å². The van der Waals surface area contributed by atoms with Gasteiger partial charge >= 0.3 is 0 Å². The van der Waals surface area contributed by atoms with Gasteiger partial charge in [-0.15, -0.1) is 0 Å². The van der Waals surface area contributed by atoms with E-state index in [2.05, 4.69) is 6.92 Å². The zero-order valence-corrected chi connectivity index (χ0v) is 9.47. The molecule has 0 N–H and O–H groups in total. The number of sulfonamides is 1. The predicted molar refractivity (Wildman–Crippen MR) is 54.0 cm³/mol. The van der Waals surface area contributed by atoms with Crippen LogP contribution in [0.25, 0.3) is 0 Å². The minimum Gasteiger partial charge on any atom is -0.212 e. The largest absolute Gasteiger partial charge is 0.213 e. The van der Waals surface area contributed by atoms with Gasteiger partial charge in [0, 0.05) is 13.1 Å². The third kappa shape index (κ3) is 2.44. The summed E-state index contributed by atoms with van der Waals surface area (Å²) >= 11 is 0. The second-order valence-electron chi connectivity index (χ2n) is 3.99. The Morgan fingerprint density at radius 2 is 2.00 bits per heavy atom. The lowest BCUT2D eigenvalue weighted by Gasteiger charge is -2.22. The van der Waals surface area contributed by atoms with E-state index in [0.29, 0.717) is 5.92 Å². The molecule has 1 rings (SSSR count). The van der Waals surface area contributed by atoms with Crippen molar-refractivity contribution >= 4 is 10.0 Å². The van der Waals surface area contributed by atoms with E-state index in [9.17, 15) is 8.42 Å². The molecule has 0 aromatic carbocycles. The fourth-order valence-corrected chi connectivity index (χ4v) is 2.99. The van der Waals surface area contributed by atoms with Crippen LogP contribution in [0, 0.1) is 5.92 Å². The van der Waals surface area contributed by atoms with Crippen LogP contribution in [-0.2, 0) is 10.0 Å². The van der Waals surface area contributed by atoms with Crippen molar-refractivity contribution in [1.29, 1.82) is 0 Å². The van der Waals surface area contributed by atoms with Crippen molar-refractivity contribution < 1.29 is 8.42 Å². The van der Waals surface area contributed by atoms with Crippen LogP contribution in [0.1, 0.15) is 33.1 Å². The smallest absolute Gasteiger partial charge is 0.212 e. The zero-order chi connectivity index (χ0) is 10.1. The summed E-state index contributed by atoms with van der Waals surface area (Å²) in [7, 11) is -1.26. The second-order valence-corrected chi connectivity index (χ2v) is 6.31. The van der Waals surface area contributed by atoms with Crippen molar-refractivity contribution in [3.8, 4) is 0 Å². The molecule has 2 atom stereocenters. The first-order chi connectivity index (χ1) is 5.97. The molecule has 0 heterocycles. The van der Waals surface area contributed by atoms with Crippen LogP contribution in [0.5, 0.6) is 0 Å². The quantitative estimate of drug-likeness (QED) is 0.699. The molecule has 78 valence electrons. The van der Waals surface area contributed by atoms with Crippen LogP contribution in [-0.4, -0.2) is 31.6 Å². The minimum atomic E-state index is -2.97. The van der Waals surface area contributed by atoms with E-state index in [4.69, 9.17) is 0 Å². The van der Waals surface area contributed by atoms with E-state index in [1.165, 1.54) is 0 Å². The highest BCUT2D eigenvalue weighted by molar-refractivity contribution is 7.89. The zero-order valence-electron chi connectivity index (χ0n) is 8.66. The van der Waals surface area contributed by atoms with Crippen molar-refractivity contribution in [2.75, 3.05) is 12.8 Å². The second kappa shape index (κ2) is 3.96. The lowest BCUT2D eigenvalue weighted by Crippen LogP contribution is -2.36. The molecule has 3 nitrogen and oxygen atoms in total. The van der Waals surface area contributed by atoms with Gasteiger partial charge in [0.1, 0.15) is 0 Å². The highest BCUT2D eigenvalue weighted by atomic mass is 32.2. The Morgan fingerprint density at radius 1 is 1.38 bits per heavy atom. The fourth-order valence-electron chi connectivity index (χ4n) is 1.94. The van der Waals surface area contributed by atoms with E-state index >= 15 is 0 Å². The molecule has 1 fully saturated rings. The van der Waals surface area contributed by atoms with Crippen LogP contribution in [0.15, 0.2) is 0 Å². The van der Waals surface area contributed by atoms with Crippen LogP contribution < -0.4 is 0 Å². The van der Waals surface area contributed by atoms with Crippen LogP contribution >= 0.6 is 0 Å². The summed E-state index contributed by atoms with van der Waals surface area (Å²) < 4.78 is 24.6. The van der Waals surface area contributed by atoms with Crippen molar-refractivity contribution in [3.05, 3.63) is 0 Å². The standard InChI is InChI=1S/C9H19NO2S/c1-4-13(11,12)10(3)9-6-5-8(2)7-9/h8-9H,4-7H2,1-3H3. The van der Waals surface area contributed by atoms with Gasteiger partial charge in [-0.3, -0.25) is 0 Å². The summed E-state index contributed by atoms with van der Waals surface area (Å²) in [4.78, 5) is 0. The van der Waals surface area contributed by atoms with E-state index in [0.717, 1.165) is 19.3 Å². The molecule has 1 saturated carbocycles. The van der Waals surface area contributed by atoms with E-state index in [1.807, 2.05) is 0 Å². The Kier molecular flexibility index (Phi) is 3.35. The molecule has 1 aliphatic rings. The Bertz CT molecular complexity index is 261. The number of hydrogen-bond acceptors (Lipinski definition) is 2. The van der Waals surface area contributed by atoms with E-state index < -0.39 is 10.0 Å². The maximum absolute atomic E-state index is 11.5. The number of rotatable bonds is 3. The molecule has 4 heteroatoms. The average molecular weight is 205 g/mol. The first kappa shape index (κ1) is 11.0. The third-order valence-electron chi connectivity index (χ3n) is 2.98. The van der Waals surface area contributed by atoms with Gasteiger partial charge in [0.15, 0.2) is 0 Å². The Labute approximate surface area is 81.2 Å². The monoisotopic (exact) mass is 205 g/mol. The molecule has 13 heavy (non-hydrogen) atoms. The van der Waals surface area contributed by atoms with Crippen molar-refractivity contribution in [2.45, 2.75) is 39.2 Å². The van der Waals surface area contributed by atoms with Crippen molar-refractivity contribution in [1.82, 2.24) is 4.31 Å². The third-order valence-corrected chi connectivity index (χ3v) is 4.89. The number of hydrogen-bond donors (Lipinski definition) is 0. The summed E-state index contributed by atoms with van der Waals surface area (Å²) in [5.41, 5.74) is 0. The maximum atomic E-state index is 11.5. The van der Waals surface area contributed by atoms with E-state index in [-0.39, 0.29) is 11.8 Å². The van der Waals surface area contributed by atoms with Gasteiger partial charge in [0.25, 0.3) is 0 Å². The highest BCUT2D eigenvalue weighted by Crippen LogP contribution is 2.29. The molecule has 2 unspecified atom stereocenters. The van der Waals surface area contributed by atoms with Gasteiger partial charge in [-0.2, -0.15) is 0 Å². The maximum Gasteiger partial charge on any atom is 0.213 e. The summed E-state index contributed by atoms with van der Waals surface area (Å²) in [6.07, 6.45) is 3.21. The molecular weight excluding hydrogens is 186 g/mol. The van der Waals surface area contributed by atoms with Crippen LogP contribution in [0.4, 0.5) is 0 Å². The predicted octanol–water partition coefficient (Wildman–Crippen LogP) is 1.46. The summed E-state index contributed by atoms with van der Waals surface area (Å²) in [5, 5.41) is 0. The van der Waals surface area contributed by atoms with Gasteiger partial charge in [0.05, 0.1) is 5.75 Å². The summed E-state index contributed by atoms with van der Waals surface area (Å²) in [6, 6.07) is 0.250. The molecule has 1 aliphatic carbocycles. The lowest BCUT2D eigenvalue weighted by atomic mass is 10.1. The molecule has 0 amide bonds. The summed E-state index contributed by atoms with van der Waals surface area (Å²) in [6.45, 7) is 3.89. The number of nitrogens with zero attached hydrogens (tertiary/aromatic N) is 1. The Morgan fingerprint density at radius 3 is 2.38 bits per heavy atom. The average Bonchev–Trinajstić information content (AvgIpc) is 2.50. The fraction of sp³-hybridized carbons (Fsp3) is 1.00. The normalized spacial score (nSPS) is 29.8. The molecular formula is C9H19NO2S. The highest BCUT2D eigenvalue weighted by Gasteiger charge is 2.30. The topological polar surface area (TPSA) is 37.4 Å². The first-order valence-electron chi connectivity index (χ1n) is 4.93. The lowest BCUT2D eigenvalue weighted by molar-refractivity contribution is 0.366. The van der Waals surface area contributed by atoms with Gasteiger partial charge < -0.3 is 0 Å². The van der Waals surface area contributed by atoms with Gasteiger partial charge in [0.2, 0.25) is 10.0 Å². The Hall–Kier alpha value is -0.0900. The minimum absolute atomic E-state index is 0.217. The van der Waals surface area contributed by atoms with Gasteiger partial charge in [-0.1, -0.05) is 6.92 Å². The van der Waals surface area contributed by atoms with Crippen molar-refractivity contribution in [2.24, 2.45) is 5.92 Å². The summed E-state index contributed by atoms with van der Waals surface area (Å²) in [5.74, 6) is 0.897. The molecule has 0 aliphatic heterocycles. The van der Waals surface area contributed by atoms with Crippen molar-refractivity contribution in [3.63, 3.8) is 0 Å². The molecule has 0 saturated heterocycles. The molecule has 0 aromatic heterocycles. The molecule has 0 radical (unpaired) electrons. The van der Waals surface area contributed by atoms with Gasteiger partial charge in [-0.05, 0) is 32.1 Å². The first-order valence-corrected chi connectivity index (χ1v) is 6.54. The molecule has 0 bridgehead atoms. The van der Waals surface area contributed by atoms with Crippen LogP contribution in [0.3, 0.4) is 0 Å². The van der Waals surface area contributed by atoms with Gasteiger partial charge in [-0.25, -0.2) is 12.7 Å². The molecule has 0 aromatic rings. The SMILES string of the molecule is CCS(=O)(=O)N(C)C1CCC(C)C1. The van der Waals surface area contributed by atoms with Crippen LogP contribution in [0.2, 0.25) is 0 Å². The molecule has 0 spiro atoms. The Balaban J connectivity index is 2.63.